The molecule has 0 saturated carbocycles. The lowest BCUT2D eigenvalue weighted by Crippen LogP contribution is -2.10. The molecule has 0 aromatic carbocycles. The molecule has 0 heterocycles. The second-order valence-electron chi connectivity index (χ2n) is 2.21. The molecule has 0 amide bonds. The Balaban J connectivity index is 4.34. The molecule has 0 aliphatic heterocycles. The molecule has 0 aliphatic carbocycles. The van der Waals surface area contributed by atoms with E-state index in [1.165, 1.54) is 6.92 Å². The third-order valence-corrected chi connectivity index (χ3v) is 0.864. The van der Waals surface area contributed by atoms with Gasteiger partial charge in [0.15, 0.2) is 6.29 Å². The van der Waals surface area contributed by atoms with Crippen molar-refractivity contribution in [3.8, 4) is 0 Å². The summed E-state index contributed by atoms with van der Waals surface area (Å²) in [6.07, 6.45) is 0.222. The number of aldehydes is 1. The fourth-order valence-corrected chi connectivity index (χ4v) is 0.310. The number of ketones is 1. The first-order valence-corrected chi connectivity index (χ1v) is 3.13. The van der Waals surface area contributed by atoms with Gasteiger partial charge in [-0.1, -0.05) is 0 Å². The number of nitrogens with zero attached hydrogens (tertiary/aromatic N) is 2. The van der Waals surface area contributed by atoms with Crippen molar-refractivity contribution in [3.63, 3.8) is 0 Å². The molecule has 0 radical (unpaired) electrons. The molecular weight excluding hydrogens is 144 g/mol. The van der Waals surface area contributed by atoms with Crippen LogP contribution in [0.5, 0.6) is 0 Å². The lowest BCUT2D eigenvalue weighted by atomic mass is 10.3. The number of carbonyl (C=O) groups excluding carboxylic acids is 2. The first kappa shape index (κ1) is 9.68. The normalized spacial score (nSPS) is 10.6. The van der Waals surface area contributed by atoms with Gasteiger partial charge in [-0.2, -0.15) is 10.2 Å². The van der Waals surface area contributed by atoms with Crippen LogP contribution in [0.15, 0.2) is 10.2 Å². The van der Waals surface area contributed by atoms with Gasteiger partial charge in [0.2, 0.25) is 5.78 Å². The number of hydrogen-bond donors (Lipinski definition) is 0. The standard InChI is InChI=1S/C7H10N2O2/c1-5(2)8-9-6(3)7(11)4-10/h4H,1-3H3/b9-6+. The highest BCUT2D eigenvalue weighted by Crippen LogP contribution is 1.82. The van der Waals surface area contributed by atoms with Crippen molar-refractivity contribution < 1.29 is 9.59 Å². The number of Topliss-reactive ketones (excluding diaryl/α,β-unsaturated/α-hetero) is 1. The summed E-state index contributed by atoms with van der Waals surface area (Å²) in [5.74, 6) is -0.630. The Kier molecular flexibility index (Phi) is 3.95. The molecular formula is C7H10N2O2. The highest BCUT2D eigenvalue weighted by molar-refractivity contribution is 6.58. The topological polar surface area (TPSA) is 58.9 Å². The molecule has 0 unspecified atom stereocenters. The second kappa shape index (κ2) is 4.49. The zero-order chi connectivity index (χ0) is 8.85. The predicted octanol–water partition coefficient (Wildman–Crippen LogP) is 0.611. The maximum absolute atomic E-state index is 10.6. The average Bonchev–Trinajstić information content (AvgIpc) is 1.98. The van der Waals surface area contributed by atoms with Crippen LogP contribution >= 0.6 is 0 Å². The number of rotatable bonds is 3. The van der Waals surface area contributed by atoms with Crippen LogP contribution in [0.3, 0.4) is 0 Å². The van der Waals surface area contributed by atoms with Crippen LogP contribution in [0.4, 0.5) is 0 Å². The van der Waals surface area contributed by atoms with Gasteiger partial charge in [-0.3, -0.25) is 9.59 Å². The van der Waals surface area contributed by atoms with E-state index in [9.17, 15) is 9.59 Å². The van der Waals surface area contributed by atoms with Gasteiger partial charge in [0.25, 0.3) is 0 Å². The van der Waals surface area contributed by atoms with E-state index in [0.717, 1.165) is 5.71 Å². The summed E-state index contributed by atoms with van der Waals surface area (Å²) in [6.45, 7) is 4.95. The highest BCUT2D eigenvalue weighted by atomic mass is 16.2. The molecule has 0 bridgehead atoms. The van der Waals surface area contributed by atoms with Crippen molar-refractivity contribution in [2.75, 3.05) is 0 Å². The fourth-order valence-electron chi connectivity index (χ4n) is 0.310. The molecule has 0 saturated heterocycles. The minimum Gasteiger partial charge on any atom is -0.294 e. The van der Waals surface area contributed by atoms with E-state index < -0.39 is 5.78 Å². The quantitative estimate of drug-likeness (QED) is 0.259. The van der Waals surface area contributed by atoms with Crippen molar-refractivity contribution >= 4 is 23.5 Å². The third-order valence-electron chi connectivity index (χ3n) is 0.864. The van der Waals surface area contributed by atoms with E-state index >= 15 is 0 Å². The van der Waals surface area contributed by atoms with Gasteiger partial charge in [-0.15, -0.1) is 0 Å². The molecule has 0 atom stereocenters. The van der Waals surface area contributed by atoms with Crippen molar-refractivity contribution in [3.05, 3.63) is 0 Å². The summed E-state index contributed by atoms with van der Waals surface area (Å²) < 4.78 is 0. The Hall–Kier alpha value is -1.32. The number of hydrogen-bond acceptors (Lipinski definition) is 4. The maximum Gasteiger partial charge on any atom is 0.241 e. The summed E-state index contributed by atoms with van der Waals surface area (Å²) in [7, 11) is 0. The van der Waals surface area contributed by atoms with E-state index in [0.29, 0.717) is 0 Å². The molecule has 11 heavy (non-hydrogen) atoms. The van der Waals surface area contributed by atoms with Gasteiger partial charge in [-0.25, -0.2) is 0 Å². The Labute approximate surface area is 65.0 Å². The zero-order valence-corrected chi connectivity index (χ0v) is 6.79. The lowest BCUT2D eigenvalue weighted by Gasteiger charge is -1.87. The Morgan fingerprint density at radius 3 is 2.09 bits per heavy atom. The molecule has 0 fully saturated rings. The van der Waals surface area contributed by atoms with E-state index in [1.54, 1.807) is 13.8 Å². The number of carbonyl (C=O) groups is 2. The van der Waals surface area contributed by atoms with Crippen LogP contribution in [-0.4, -0.2) is 23.5 Å². The van der Waals surface area contributed by atoms with Crippen LogP contribution in [0, 0.1) is 0 Å². The SMILES string of the molecule is CC(C)=N/N=C(\C)C(=O)C=O. The molecule has 4 heteroatoms. The van der Waals surface area contributed by atoms with Crippen molar-refractivity contribution in [1.29, 1.82) is 0 Å². The van der Waals surface area contributed by atoms with Gasteiger partial charge in [0.1, 0.15) is 5.71 Å². The van der Waals surface area contributed by atoms with Gasteiger partial charge >= 0.3 is 0 Å². The van der Waals surface area contributed by atoms with Crippen LogP contribution < -0.4 is 0 Å². The van der Waals surface area contributed by atoms with E-state index in [1.807, 2.05) is 0 Å². The summed E-state index contributed by atoms with van der Waals surface area (Å²) in [6, 6.07) is 0. The summed E-state index contributed by atoms with van der Waals surface area (Å²) >= 11 is 0. The molecule has 4 nitrogen and oxygen atoms in total. The van der Waals surface area contributed by atoms with Crippen molar-refractivity contribution in [2.45, 2.75) is 20.8 Å². The molecule has 0 N–H and O–H groups in total. The summed E-state index contributed by atoms with van der Waals surface area (Å²) in [5, 5.41) is 7.14. The minimum absolute atomic E-state index is 0.112. The van der Waals surface area contributed by atoms with E-state index in [-0.39, 0.29) is 12.0 Å². The fraction of sp³-hybridized carbons (Fsp3) is 0.429. The third kappa shape index (κ3) is 4.13. The second-order valence-corrected chi connectivity index (χ2v) is 2.21. The largest absolute Gasteiger partial charge is 0.294 e. The van der Waals surface area contributed by atoms with E-state index in [2.05, 4.69) is 10.2 Å². The van der Waals surface area contributed by atoms with Crippen molar-refractivity contribution in [2.24, 2.45) is 10.2 Å². The molecule has 60 valence electrons. The molecule has 0 rings (SSSR count). The predicted molar refractivity (Wildman–Crippen MR) is 43.0 cm³/mol. The van der Waals surface area contributed by atoms with Crippen molar-refractivity contribution in [1.82, 2.24) is 0 Å². The minimum atomic E-state index is -0.630. The highest BCUT2D eigenvalue weighted by Gasteiger charge is 2.01. The van der Waals surface area contributed by atoms with Crippen LogP contribution in [0.25, 0.3) is 0 Å². The molecule has 0 spiro atoms. The summed E-state index contributed by atoms with van der Waals surface area (Å²) in [5.41, 5.74) is 0.851. The molecule has 0 aromatic rings. The Morgan fingerprint density at radius 2 is 1.73 bits per heavy atom. The first-order valence-electron chi connectivity index (χ1n) is 3.13. The average molecular weight is 154 g/mol. The van der Waals surface area contributed by atoms with Gasteiger partial charge in [-0.05, 0) is 20.8 Å². The monoisotopic (exact) mass is 154 g/mol. The smallest absolute Gasteiger partial charge is 0.241 e. The lowest BCUT2D eigenvalue weighted by molar-refractivity contribution is -0.125. The van der Waals surface area contributed by atoms with Gasteiger partial charge < -0.3 is 0 Å². The van der Waals surface area contributed by atoms with Crippen LogP contribution in [0.2, 0.25) is 0 Å². The maximum atomic E-state index is 10.6. The summed E-state index contributed by atoms with van der Waals surface area (Å²) in [4.78, 5) is 20.5. The molecule has 0 aromatic heterocycles. The van der Waals surface area contributed by atoms with Gasteiger partial charge in [0.05, 0.1) is 0 Å². The molecule has 0 aliphatic rings. The van der Waals surface area contributed by atoms with Crippen LogP contribution in [-0.2, 0) is 9.59 Å². The van der Waals surface area contributed by atoms with Gasteiger partial charge in [0, 0.05) is 5.71 Å². The van der Waals surface area contributed by atoms with Crippen LogP contribution in [0.1, 0.15) is 20.8 Å². The Morgan fingerprint density at radius 1 is 1.18 bits per heavy atom. The zero-order valence-electron chi connectivity index (χ0n) is 6.79. The van der Waals surface area contributed by atoms with E-state index in [4.69, 9.17) is 0 Å². The Bertz CT molecular complexity index is 225. The first-order chi connectivity index (χ1) is 5.07.